The maximum atomic E-state index is 11.4. The van der Waals surface area contributed by atoms with Crippen LogP contribution in [0.25, 0.3) is 11.0 Å². The van der Waals surface area contributed by atoms with E-state index in [9.17, 15) is 4.79 Å². The molecule has 0 amide bonds. The summed E-state index contributed by atoms with van der Waals surface area (Å²) in [7, 11) is 2.83. The number of hydrogen-bond acceptors (Lipinski definition) is 4. The zero-order chi connectivity index (χ0) is 10.8. The van der Waals surface area contributed by atoms with Crippen molar-refractivity contribution in [3.8, 4) is 5.75 Å². The second kappa shape index (κ2) is 3.61. The van der Waals surface area contributed by atoms with Gasteiger partial charge in [-0.3, -0.25) is 0 Å². The molecule has 2 aromatic rings. The smallest absolute Gasteiger partial charge is 0.341 e. The molecule has 1 heterocycles. The van der Waals surface area contributed by atoms with E-state index in [0.29, 0.717) is 16.8 Å². The molecule has 0 bridgehead atoms. The summed E-state index contributed by atoms with van der Waals surface area (Å²) >= 11 is 0. The second-order valence-corrected chi connectivity index (χ2v) is 2.96. The van der Waals surface area contributed by atoms with E-state index in [1.807, 2.05) is 0 Å². The Hall–Kier alpha value is -2.04. The topological polar surface area (TPSA) is 64.2 Å². The molecule has 2 rings (SSSR count). The van der Waals surface area contributed by atoms with Crippen molar-refractivity contribution in [3.05, 3.63) is 24.0 Å². The number of carbonyl (C=O) groups excluding carboxylic acids is 1. The van der Waals surface area contributed by atoms with E-state index in [-0.39, 0.29) is 0 Å². The Labute approximate surface area is 86.0 Å². The van der Waals surface area contributed by atoms with Gasteiger partial charge in [0.15, 0.2) is 0 Å². The first-order valence-corrected chi connectivity index (χ1v) is 4.35. The molecule has 1 aromatic heterocycles. The SMILES string of the molecule is COC(=O)c1cc2nc[nH]c2cc1OC. The van der Waals surface area contributed by atoms with Crippen LogP contribution in [-0.4, -0.2) is 30.2 Å². The van der Waals surface area contributed by atoms with Crippen molar-refractivity contribution in [3.63, 3.8) is 0 Å². The normalized spacial score (nSPS) is 10.3. The number of H-pyrrole nitrogens is 1. The molecule has 5 nitrogen and oxygen atoms in total. The minimum absolute atomic E-state index is 0.375. The van der Waals surface area contributed by atoms with E-state index in [1.165, 1.54) is 14.2 Å². The van der Waals surface area contributed by atoms with Crippen molar-refractivity contribution in [2.45, 2.75) is 0 Å². The lowest BCUT2D eigenvalue weighted by molar-refractivity contribution is 0.0597. The van der Waals surface area contributed by atoms with Gasteiger partial charge in [0, 0.05) is 6.07 Å². The Morgan fingerprint density at radius 3 is 2.87 bits per heavy atom. The highest BCUT2D eigenvalue weighted by Gasteiger charge is 2.14. The number of hydrogen-bond donors (Lipinski definition) is 1. The molecule has 0 aliphatic carbocycles. The summed E-state index contributed by atoms with van der Waals surface area (Å²) in [6.45, 7) is 0. The number of nitrogens with zero attached hydrogens (tertiary/aromatic N) is 1. The number of aromatic nitrogens is 2. The molecule has 0 unspecified atom stereocenters. The summed E-state index contributed by atoms with van der Waals surface area (Å²) in [6, 6.07) is 3.35. The predicted molar refractivity (Wildman–Crippen MR) is 54.0 cm³/mol. The molecule has 0 radical (unpaired) electrons. The van der Waals surface area contributed by atoms with Gasteiger partial charge in [-0.15, -0.1) is 0 Å². The molecule has 15 heavy (non-hydrogen) atoms. The van der Waals surface area contributed by atoms with Crippen LogP contribution in [0.4, 0.5) is 0 Å². The highest BCUT2D eigenvalue weighted by atomic mass is 16.5. The lowest BCUT2D eigenvalue weighted by Crippen LogP contribution is -2.03. The van der Waals surface area contributed by atoms with Gasteiger partial charge in [0.2, 0.25) is 0 Å². The second-order valence-electron chi connectivity index (χ2n) is 2.96. The fraction of sp³-hybridized carbons (Fsp3) is 0.200. The molecule has 0 aliphatic rings. The summed E-state index contributed by atoms with van der Waals surface area (Å²) in [5.41, 5.74) is 1.90. The van der Waals surface area contributed by atoms with Crippen molar-refractivity contribution in [2.24, 2.45) is 0 Å². The largest absolute Gasteiger partial charge is 0.496 e. The van der Waals surface area contributed by atoms with Gasteiger partial charge in [0.05, 0.1) is 31.6 Å². The number of rotatable bonds is 2. The highest BCUT2D eigenvalue weighted by Crippen LogP contribution is 2.24. The van der Waals surface area contributed by atoms with Crippen LogP contribution in [0.5, 0.6) is 5.75 Å². The van der Waals surface area contributed by atoms with Gasteiger partial charge in [0.1, 0.15) is 11.3 Å². The Balaban J connectivity index is 2.64. The van der Waals surface area contributed by atoms with E-state index in [0.717, 1.165) is 5.52 Å². The van der Waals surface area contributed by atoms with Crippen molar-refractivity contribution in [1.82, 2.24) is 9.97 Å². The lowest BCUT2D eigenvalue weighted by Gasteiger charge is -2.06. The van der Waals surface area contributed by atoms with Gasteiger partial charge in [-0.25, -0.2) is 9.78 Å². The number of benzene rings is 1. The van der Waals surface area contributed by atoms with Gasteiger partial charge in [0.25, 0.3) is 0 Å². The summed E-state index contributed by atoms with van der Waals surface area (Å²) in [5.74, 6) is 0.0374. The van der Waals surface area contributed by atoms with Crippen LogP contribution in [0.1, 0.15) is 10.4 Å². The van der Waals surface area contributed by atoms with E-state index in [2.05, 4.69) is 14.7 Å². The third-order valence-corrected chi connectivity index (χ3v) is 2.15. The summed E-state index contributed by atoms with van der Waals surface area (Å²) in [4.78, 5) is 18.4. The summed E-state index contributed by atoms with van der Waals surface area (Å²) in [6.07, 6.45) is 1.56. The standard InChI is InChI=1S/C10H10N2O3/c1-14-9-4-8-7(11-5-12-8)3-6(9)10(13)15-2/h3-5H,1-2H3,(H,11,12). The molecule has 0 spiro atoms. The summed E-state index contributed by atoms with van der Waals surface area (Å²) < 4.78 is 9.74. The van der Waals surface area contributed by atoms with Gasteiger partial charge in [-0.1, -0.05) is 0 Å². The number of esters is 1. The maximum Gasteiger partial charge on any atom is 0.341 e. The molecule has 78 valence electrons. The lowest BCUT2D eigenvalue weighted by atomic mass is 10.2. The molecule has 5 heteroatoms. The van der Waals surface area contributed by atoms with E-state index >= 15 is 0 Å². The van der Waals surface area contributed by atoms with Crippen LogP contribution in [0, 0.1) is 0 Å². The first kappa shape index (κ1) is 9.51. The fourth-order valence-corrected chi connectivity index (χ4v) is 1.40. The number of nitrogens with one attached hydrogen (secondary N) is 1. The molecule has 0 fully saturated rings. The number of methoxy groups -OCH3 is 2. The van der Waals surface area contributed by atoms with Crippen LogP contribution in [0.2, 0.25) is 0 Å². The third-order valence-electron chi connectivity index (χ3n) is 2.15. The Morgan fingerprint density at radius 1 is 1.40 bits per heavy atom. The van der Waals surface area contributed by atoms with Gasteiger partial charge >= 0.3 is 5.97 Å². The highest BCUT2D eigenvalue weighted by molar-refractivity contribution is 5.96. The van der Waals surface area contributed by atoms with Crippen molar-refractivity contribution in [1.29, 1.82) is 0 Å². The van der Waals surface area contributed by atoms with Crippen LogP contribution in [0.15, 0.2) is 18.5 Å². The van der Waals surface area contributed by atoms with Gasteiger partial charge in [-0.05, 0) is 6.07 Å². The quantitative estimate of drug-likeness (QED) is 0.753. The molecule has 0 saturated carbocycles. The molecule has 0 atom stereocenters. The molecular weight excluding hydrogens is 196 g/mol. The molecule has 1 N–H and O–H groups in total. The Morgan fingerprint density at radius 2 is 2.20 bits per heavy atom. The minimum Gasteiger partial charge on any atom is -0.496 e. The number of imidazole rings is 1. The maximum absolute atomic E-state index is 11.4. The molecule has 0 saturated heterocycles. The Bertz CT molecular complexity index is 504. The van der Waals surface area contributed by atoms with Crippen LogP contribution < -0.4 is 4.74 Å². The zero-order valence-corrected chi connectivity index (χ0v) is 8.40. The van der Waals surface area contributed by atoms with Crippen LogP contribution in [-0.2, 0) is 4.74 Å². The molecule has 0 aliphatic heterocycles. The van der Waals surface area contributed by atoms with Crippen LogP contribution >= 0.6 is 0 Å². The zero-order valence-electron chi connectivity index (χ0n) is 8.40. The van der Waals surface area contributed by atoms with Crippen molar-refractivity contribution >= 4 is 17.0 Å². The van der Waals surface area contributed by atoms with Crippen LogP contribution in [0.3, 0.4) is 0 Å². The Kier molecular flexibility index (Phi) is 2.29. The first-order valence-electron chi connectivity index (χ1n) is 4.35. The van der Waals surface area contributed by atoms with Gasteiger partial charge < -0.3 is 14.5 Å². The first-order chi connectivity index (χ1) is 7.26. The number of aromatic amines is 1. The van der Waals surface area contributed by atoms with E-state index < -0.39 is 5.97 Å². The average Bonchev–Trinajstić information content (AvgIpc) is 2.73. The average molecular weight is 206 g/mol. The minimum atomic E-state index is -0.434. The number of ether oxygens (including phenoxy) is 2. The monoisotopic (exact) mass is 206 g/mol. The van der Waals surface area contributed by atoms with Crippen molar-refractivity contribution in [2.75, 3.05) is 14.2 Å². The van der Waals surface area contributed by atoms with Gasteiger partial charge in [-0.2, -0.15) is 0 Å². The molecule has 1 aromatic carbocycles. The van der Waals surface area contributed by atoms with E-state index in [4.69, 9.17) is 4.74 Å². The third kappa shape index (κ3) is 1.52. The molecular formula is C10H10N2O3. The number of fused-ring (bicyclic) bond motifs is 1. The summed E-state index contributed by atoms with van der Waals surface area (Å²) in [5, 5.41) is 0. The predicted octanol–water partition coefficient (Wildman–Crippen LogP) is 1.36. The number of carbonyl (C=O) groups is 1. The van der Waals surface area contributed by atoms with Crippen molar-refractivity contribution < 1.29 is 14.3 Å². The van der Waals surface area contributed by atoms with E-state index in [1.54, 1.807) is 18.5 Å². The fourth-order valence-electron chi connectivity index (χ4n) is 1.40.